The first-order valence-corrected chi connectivity index (χ1v) is 8.54. The minimum atomic E-state index is -0.967. The van der Waals surface area contributed by atoms with Gasteiger partial charge in [0.15, 0.2) is 0 Å². The zero-order chi connectivity index (χ0) is 18.1. The number of benzene rings is 1. The van der Waals surface area contributed by atoms with Gasteiger partial charge in [-0.1, -0.05) is 31.2 Å². The lowest BCUT2D eigenvalue weighted by Crippen LogP contribution is -2.49. The molecule has 1 unspecified atom stereocenters. The number of amides is 1. The fraction of sp³-hybridized carbons (Fsp3) is 0.421. The summed E-state index contributed by atoms with van der Waals surface area (Å²) in [5.74, 6) is -1.18. The summed E-state index contributed by atoms with van der Waals surface area (Å²) in [6, 6.07) is 6.87. The van der Waals surface area contributed by atoms with Gasteiger partial charge in [-0.15, -0.1) is 0 Å². The van der Waals surface area contributed by atoms with E-state index >= 15 is 0 Å². The molecule has 1 aromatic carbocycles. The Kier molecular flexibility index (Phi) is 4.61. The summed E-state index contributed by atoms with van der Waals surface area (Å²) in [7, 11) is 0. The van der Waals surface area contributed by atoms with Gasteiger partial charge in [-0.05, 0) is 37.0 Å². The Bertz CT molecular complexity index is 825. The van der Waals surface area contributed by atoms with Gasteiger partial charge in [0.05, 0.1) is 5.69 Å². The number of carboxylic acid groups (broad SMARTS) is 1. The number of aryl methyl sites for hydroxylation is 1. The largest absolute Gasteiger partial charge is 0.480 e. The number of fused-ring (bicyclic) bond motifs is 1. The lowest BCUT2D eigenvalue weighted by molar-refractivity contribution is -0.151. The van der Waals surface area contributed by atoms with Gasteiger partial charge in [-0.2, -0.15) is 5.10 Å². The van der Waals surface area contributed by atoms with Crippen LogP contribution in [0.1, 0.15) is 35.0 Å². The molecule has 6 nitrogen and oxygen atoms in total. The lowest BCUT2D eigenvalue weighted by Gasteiger charge is -2.34. The first-order valence-electron chi connectivity index (χ1n) is 8.54. The molecule has 0 radical (unpaired) electrons. The highest BCUT2D eigenvalue weighted by Gasteiger charge is 2.34. The molecule has 1 aliphatic rings. The highest BCUT2D eigenvalue weighted by atomic mass is 16.4. The van der Waals surface area contributed by atoms with E-state index in [9.17, 15) is 14.7 Å². The van der Waals surface area contributed by atoms with Crippen molar-refractivity contribution in [3.8, 4) is 0 Å². The number of nitrogens with zero attached hydrogens (tertiary/aromatic N) is 3. The second-order valence-electron chi connectivity index (χ2n) is 6.51. The van der Waals surface area contributed by atoms with Gasteiger partial charge in [-0.25, -0.2) is 4.79 Å². The van der Waals surface area contributed by atoms with Crippen molar-refractivity contribution in [3.05, 3.63) is 52.3 Å². The van der Waals surface area contributed by atoms with Crippen molar-refractivity contribution in [1.82, 2.24) is 14.7 Å². The van der Waals surface area contributed by atoms with Crippen LogP contribution < -0.4 is 0 Å². The zero-order valence-electron chi connectivity index (χ0n) is 14.8. The summed E-state index contributed by atoms with van der Waals surface area (Å²) in [5, 5.41) is 14.0. The van der Waals surface area contributed by atoms with Crippen molar-refractivity contribution in [2.24, 2.45) is 0 Å². The van der Waals surface area contributed by atoms with Crippen LogP contribution >= 0.6 is 0 Å². The Balaban J connectivity index is 1.86. The molecule has 1 aromatic heterocycles. The van der Waals surface area contributed by atoms with Gasteiger partial charge in [0, 0.05) is 18.7 Å². The van der Waals surface area contributed by atoms with Crippen LogP contribution in [0.4, 0.5) is 0 Å². The second kappa shape index (κ2) is 6.70. The molecular weight excluding hydrogens is 318 g/mol. The number of aliphatic carboxylic acids is 1. The molecule has 1 amide bonds. The van der Waals surface area contributed by atoms with Crippen molar-refractivity contribution in [3.63, 3.8) is 0 Å². The molecule has 0 aliphatic carbocycles. The molecule has 132 valence electrons. The summed E-state index contributed by atoms with van der Waals surface area (Å²) >= 11 is 0. The van der Waals surface area contributed by atoms with Crippen LogP contribution in [-0.2, 0) is 35.5 Å². The van der Waals surface area contributed by atoms with Crippen molar-refractivity contribution < 1.29 is 14.7 Å². The van der Waals surface area contributed by atoms with Gasteiger partial charge in [0.2, 0.25) is 5.91 Å². The third kappa shape index (κ3) is 3.16. The number of carboxylic acids is 1. The summed E-state index contributed by atoms with van der Waals surface area (Å²) in [4.78, 5) is 26.0. The van der Waals surface area contributed by atoms with Gasteiger partial charge >= 0.3 is 5.97 Å². The molecule has 1 atom stereocenters. The Hall–Kier alpha value is -2.63. The molecule has 1 N–H and O–H groups in total. The summed E-state index contributed by atoms with van der Waals surface area (Å²) < 4.78 is 1.69. The number of hydrogen-bond donors (Lipinski definition) is 1. The first-order chi connectivity index (χ1) is 11.9. The maximum absolute atomic E-state index is 12.9. The standard InChI is InChI=1S/C19H23N3O3/c1-4-16-12(2)20-22(13(16)3)11-18(23)21-10-15-8-6-5-7-14(15)9-17(21)19(24)25/h5-8,17H,4,9-11H2,1-3H3,(H,24,25). The Labute approximate surface area is 147 Å². The van der Waals surface area contributed by atoms with Crippen molar-refractivity contribution >= 4 is 11.9 Å². The topological polar surface area (TPSA) is 75.4 Å². The molecule has 0 spiro atoms. The third-order valence-electron chi connectivity index (χ3n) is 5.02. The van der Waals surface area contributed by atoms with Crippen molar-refractivity contribution in [1.29, 1.82) is 0 Å². The number of aromatic nitrogens is 2. The van der Waals surface area contributed by atoms with Crippen LogP contribution in [-0.4, -0.2) is 37.7 Å². The Morgan fingerprint density at radius 1 is 1.24 bits per heavy atom. The van der Waals surface area contributed by atoms with Crippen LogP contribution in [0.25, 0.3) is 0 Å². The quantitative estimate of drug-likeness (QED) is 0.924. The third-order valence-corrected chi connectivity index (χ3v) is 5.02. The fourth-order valence-electron chi connectivity index (χ4n) is 3.62. The van der Waals surface area contributed by atoms with Gasteiger partial charge in [0.1, 0.15) is 12.6 Å². The molecule has 6 heteroatoms. The molecular formula is C19H23N3O3. The predicted molar refractivity (Wildman–Crippen MR) is 93.2 cm³/mol. The number of hydrogen-bond acceptors (Lipinski definition) is 3. The highest BCUT2D eigenvalue weighted by Crippen LogP contribution is 2.24. The van der Waals surface area contributed by atoms with Gasteiger partial charge in [0.25, 0.3) is 0 Å². The Morgan fingerprint density at radius 3 is 2.52 bits per heavy atom. The molecule has 1 aliphatic heterocycles. The van der Waals surface area contributed by atoms with E-state index in [0.717, 1.165) is 34.5 Å². The normalized spacial score (nSPS) is 16.6. The van der Waals surface area contributed by atoms with Crippen LogP contribution in [0.5, 0.6) is 0 Å². The minimum Gasteiger partial charge on any atom is -0.480 e. The average Bonchev–Trinajstić information content (AvgIpc) is 2.86. The van der Waals surface area contributed by atoms with E-state index in [2.05, 4.69) is 12.0 Å². The molecule has 0 bridgehead atoms. The van der Waals surface area contributed by atoms with E-state index < -0.39 is 12.0 Å². The molecule has 3 rings (SSSR count). The number of carbonyl (C=O) groups excluding carboxylic acids is 1. The smallest absolute Gasteiger partial charge is 0.326 e. The first kappa shape index (κ1) is 17.2. The van der Waals surface area contributed by atoms with E-state index in [0.29, 0.717) is 13.0 Å². The highest BCUT2D eigenvalue weighted by molar-refractivity contribution is 5.84. The number of rotatable bonds is 4. The Morgan fingerprint density at radius 2 is 1.92 bits per heavy atom. The van der Waals surface area contributed by atoms with E-state index in [1.807, 2.05) is 38.1 Å². The van der Waals surface area contributed by atoms with Crippen molar-refractivity contribution in [2.45, 2.75) is 52.7 Å². The summed E-state index contributed by atoms with van der Waals surface area (Å²) in [6.07, 6.45) is 1.20. The molecule has 2 heterocycles. The lowest BCUT2D eigenvalue weighted by atomic mass is 9.94. The van der Waals surface area contributed by atoms with Crippen LogP contribution in [0, 0.1) is 13.8 Å². The van der Waals surface area contributed by atoms with Crippen LogP contribution in [0.2, 0.25) is 0 Å². The SMILES string of the molecule is CCc1c(C)nn(CC(=O)N2Cc3ccccc3CC2C(=O)O)c1C. The maximum atomic E-state index is 12.9. The molecule has 25 heavy (non-hydrogen) atoms. The van der Waals surface area contributed by atoms with E-state index in [1.54, 1.807) is 4.68 Å². The van der Waals surface area contributed by atoms with E-state index in [-0.39, 0.29) is 12.5 Å². The van der Waals surface area contributed by atoms with E-state index in [1.165, 1.54) is 4.90 Å². The number of carbonyl (C=O) groups is 2. The predicted octanol–water partition coefficient (Wildman–Crippen LogP) is 2.10. The summed E-state index contributed by atoms with van der Waals surface area (Å²) in [6.45, 7) is 6.34. The fourth-order valence-corrected chi connectivity index (χ4v) is 3.62. The second-order valence-corrected chi connectivity index (χ2v) is 6.51. The summed E-state index contributed by atoms with van der Waals surface area (Å²) in [5.41, 5.74) is 5.05. The minimum absolute atomic E-state index is 0.0681. The monoisotopic (exact) mass is 341 g/mol. The van der Waals surface area contributed by atoms with Crippen LogP contribution in [0.15, 0.2) is 24.3 Å². The molecule has 2 aromatic rings. The zero-order valence-corrected chi connectivity index (χ0v) is 14.8. The van der Waals surface area contributed by atoms with E-state index in [4.69, 9.17) is 0 Å². The maximum Gasteiger partial charge on any atom is 0.326 e. The van der Waals surface area contributed by atoms with Gasteiger partial charge in [-0.3, -0.25) is 9.48 Å². The molecule has 0 fully saturated rings. The molecule has 0 saturated carbocycles. The van der Waals surface area contributed by atoms with Crippen molar-refractivity contribution in [2.75, 3.05) is 0 Å². The average molecular weight is 341 g/mol. The van der Waals surface area contributed by atoms with Crippen LogP contribution in [0.3, 0.4) is 0 Å². The van der Waals surface area contributed by atoms with Gasteiger partial charge < -0.3 is 10.0 Å². The molecule has 0 saturated heterocycles.